The molecule has 0 saturated carbocycles. The molecule has 27 heavy (non-hydrogen) atoms. The molecule has 3 N–H and O–H groups in total. The van der Waals surface area contributed by atoms with Crippen LogP contribution in [0.25, 0.3) is 0 Å². The van der Waals surface area contributed by atoms with Crippen LogP contribution in [0.1, 0.15) is 6.92 Å². The van der Waals surface area contributed by atoms with E-state index in [9.17, 15) is 14.4 Å². The number of nitrogens with zero attached hydrogens (tertiary/aromatic N) is 1. The number of nitrogens with one attached hydrogen (secondary N) is 3. The standard InChI is InChI=1S/C18H24N4O5/c1-4-27-17(24)14-9-19-18(25)21-15(14)10-22(2)11-16(23)20-12-6-5-7-13(8-12)26-3/h5-8H,4,9-11H2,1-3H3,(H,20,23)(H2,19,21,25). The molecule has 0 saturated heterocycles. The number of esters is 1. The highest BCUT2D eigenvalue weighted by molar-refractivity contribution is 5.94. The number of methoxy groups -OCH3 is 1. The third kappa shape index (κ3) is 6.00. The number of amides is 3. The highest BCUT2D eigenvalue weighted by atomic mass is 16.5. The van der Waals surface area contributed by atoms with Crippen LogP contribution in [0.2, 0.25) is 0 Å². The molecule has 9 nitrogen and oxygen atoms in total. The summed E-state index contributed by atoms with van der Waals surface area (Å²) in [4.78, 5) is 37.6. The highest BCUT2D eigenvalue weighted by Crippen LogP contribution is 2.16. The van der Waals surface area contributed by atoms with Crippen LogP contribution >= 0.6 is 0 Å². The Morgan fingerprint density at radius 2 is 2.11 bits per heavy atom. The smallest absolute Gasteiger partial charge is 0.337 e. The summed E-state index contributed by atoms with van der Waals surface area (Å²) in [5.74, 6) is -0.0821. The van der Waals surface area contributed by atoms with E-state index >= 15 is 0 Å². The summed E-state index contributed by atoms with van der Waals surface area (Å²) >= 11 is 0. The largest absolute Gasteiger partial charge is 0.497 e. The van der Waals surface area contributed by atoms with Crippen LogP contribution < -0.4 is 20.7 Å². The molecule has 9 heteroatoms. The van der Waals surface area contributed by atoms with Gasteiger partial charge >= 0.3 is 12.0 Å². The Balaban J connectivity index is 1.99. The van der Waals surface area contributed by atoms with Crippen LogP contribution in [0.15, 0.2) is 35.5 Å². The molecule has 0 bridgehead atoms. The Kier molecular flexibility index (Phi) is 7.18. The second kappa shape index (κ2) is 9.58. The van der Waals surface area contributed by atoms with E-state index in [0.29, 0.717) is 22.7 Å². The van der Waals surface area contributed by atoms with Crippen molar-refractivity contribution in [2.45, 2.75) is 6.92 Å². The first-order chi connectivity index (χ1) is 12.9. The van der Waals surface area contributed by atoms with Crippen molar-refractivity contribution < 1.29 is 23.9 Å². The van der Waals surface area contributed by atoms with E-state index < -0.39 is 12.0 Å². The lowest BCUT2D eigenvalue weighted by Gasteiger charge is -2.25. The van der Waals surface area contributed by atoms with E-state index in [4.69, 9.17) is 9.47 Å². The molecule has 2 rings (SSSR count). The fourth-order valence-corrected chi connectivity index (χ4v) is 2.55. The molecule has 0 radical (unpaired) electrons. The van der Waals surface area contributed by atoms with Gasteiger partial charge in [-0.05, 0) is 26.1 Å². The van der Waals surface area contributed by atoms with Crippen LogP contribution in [-0.4, -0.2) is 63.2 Å². The molecule has 1 heterocycles. The number of rotatable bonds is 8. The lowest BCUT2D eigenvalue weighted by atomic mass is 10.1. The zero-order valence-electron chi connectivity index (χ0n) is 15.6. The zero-order chi connectivity index (χ0) is 19.8. The Bertz CT molecular complexity index is 747. The van der Waals surface area contributed by atoms with E-state index in [1.807, 2.05) is 0 Å². The topological polar surface area (TPSA) is 109 Å². The van der Waals surface area contributed by atoms with Crippen molar-refractivity contribution >= 4 is 23.6 Å². The number of urea groups is 1. The van der Waals surface area contributed by atoms with Gasteiger partial charge in [-0.3, -0.25) is 9.69 Å². The summed E-state index contributed by atoms with van der Waals surface area (Å²) in [6, 6.07) is 6.64. The lowest BCUT2D eigenvalue weighted by Crippen LogP contribution is -2.47. The van der Waals surface area contributed by atoms with Gasteiger partial charge in [-0.1, -0.05) is 6.07 Å². The molecule has 3 amide bonds. The predicted molar refractivity (Wildman–Crippen MR) is 99.3 cm³/mol. The molecule has 0 unspecified atom stereocenters. The number of hydrogen-bond donors (Lipinski definition) is 3. The van der Waals surface area contributed by atoms with Crippen molar-refractivity contribution in [3.05, 3.63) is 35.5 Å². The number of ether oxygens (including phenoxy) is 2. The molecule has 146 valence electrons. The van der Waals surface area contributed by atoms with Crippen LogP contribution in [0.5, 0.6) is 5.75 Å². The van der Waals surface area contributed by atoms with Crippen LogP contribution in [-0.2, 0) is 14.3 Å². The second-order valence-electron chi connectivity index (χ2n) is 5.94. The second-order valence-corrected chi connectivity index (χ2v) is 5.94. The van der Waals surface area contributed by atoms with Gasteiger partial charge in [0.2, 0.25) is 5.91 Å². The molecule has 1 aromatic carbocycles. The molecule has 1 aliphatic heterocycles. The van der Waals surface area contributed by atoms with Gasteiger partial charge in [-0.2, -0.15) is 0 Å². The first-order valence-corrected chi connectivity index (χ1v) is 8.49. The molecule has 0 fully saturated rings. The minimum Gasteiger partial charge on any atom is -0.497 e. The molecule has 0 atom stereocenters. The van der Waals surface area contributed by atoms with Crippen molar-refractivity contribution in [1.82, 2.24) is 15.5 Å². The molecule has 0 aliphatic carbocycles. The summed E-state index contributed by atoms with van der Waals surface area (Å²) < 4.78 is 10.1. The minimum absolute atomic E-state index is 0.0696. The molecule has 0 aromatic heterocycles. The zero-order valence-corrected chi connectivity index (χ0v) is 15.6. The van der Waals surface area contributed by atoms with Gasteiger partial charge in [0.25, 0.3) is 0 Å². The Morgan fingerprint density at radius 3 is 2.81 bits per heavy atom. The average molecular weight is 376 g/mol. The number of anilines is 1. The third-order valence-electron chi connectivity index (χ3n) is 3.77. The van der Waals surface area contributed by atoms with Crippen LogP contribution in [0.4, 0.5) is 10.5 Å². The Morgan fingerprint density at radius 1 is 1.33 bits per heavy atom. The van der Waals surface area contributed by atoms with Gasteiger partial charge in [-0.15, -0.1) is 0 Å². The maximum atomic E-state index is 12.2. The summed E-state index contributed by atoms with van der Waals surface area (Å²) in [5.41, 5.74) is 1.39. The Labute approximate surface area is 157 Å². The Hall–Kier alpha value is -3.07. The number of carbonyl (C=O) groups is 3. The maximum absolute atomic E-state index is 12.2. The molecular formula is C18H24N4O5. The summed E-state index contributed by atoms with van der Waals surface area (Å²) in [6.45, 7) is 2.32. The van der Waals surface area contributed by atoms with E-state index in [1.165, 1.54) is 0 Å². The van der Waals surface area contributed by atoms with E-state index in [-0.39, 0.29) is 32.1 Å². The molecule has 1 aromatic rings. The number of carbonyl (C=O) groups excluding carboxylic acids is 3. The van der Waals surface area contributed by atoms with Gasteiger partial charge in [0, 0.05) is 24.0 Å². The van der Waals surface area contributed by atoms with Gasteiger partial charge in [0.1, 0.15) is 5.75 Å². The summed E-state index contributed by atoms with van der Waals surface area (Å²) in [7, 11) is 3.27. The van der Waals surface area contributed by atoms with Gasteiger partial charge in [0.05, 0.1) is 32.4 Å². The van der Waals surface area contributed by atoms with Gasteiger partial charge < -0.3 is 25.4 Å². The normalized spacial score (nSPS) is 13.7. The SMILES string of the molecule is CCOC(=O)C1=C(CN(C)CC(=O)Nc2cccc(OC)c2)NC(=O)NC1. The van der Waals surface area contributed by atoms with Gasteiger partial charge in [-0.25, -0.2) is 9.59 Å². The van der Waals surface area contributed by atoms with E-state index in [2.05, 4.69) is 16.0 Å². The minimum atomic E-state index is -0.491. The fraction of sp³-hybridized carbons (Fsp3) is 0.389. The van der Waals surface area contributed by atoms with Crippen molar-refractivity contribution in [1.29, 1.82) is 0 Å². The first-order valence-electron chi connectivity index (χ1n) is 8.49. The first kappa shape index (κ1) is 20.2. The van der Waals surface area contributed by atoms with E-state index in [0.717, 1.165) is 0 Å². The number of benzene rings is 1. The number of hydrogen-bond acceptors (Lipinski definition) is 6. The molecule has 1 aliphatic rings. The quantitative estimate of drug-likeness (QED) is 0.576. The van der Waals surface area contributed by atoms with E-state index in [1.54, 1.807) is 50.2 Å². The lowest BCUT2D eigenvalue weighted by molar-refractivity contribution is -0.138. The van der Waals surface area contributed by atoms with Crippen molar-refractivity contribution in [3.63, 3.8) is 0 Å². The maximum Gasteiger partial charge on any atom is 0.337 e. The van der Waals surface area contributed by atoms with Crippen molar-refractivity contribution in [2.75, 3.05) is 45.7 Å². The van der Waals surface area contributed by atoms with Crippen molar-refractivity contribution in [2.24, 2.45) is 0 Å². The van der Waals surface area contributed by atoms with Crippen LogP contribution in [0.3, 0.4) is 0 Å². The monoisotopic (exact) mass is 376 g/mol. The number of likely N-dealkylation sites (N-methyl/N-ethyl adjacent to an activating group) is 1. The highest BCUT2D eigenvalue weighted by Gasteiger charge is 2.24. The molecule has 0 spiro atoms. The third-order valence-corrected chi connectivity index (χ3v) is 3.77. The van der Waals surface area contributed by atoms with Crippen molar-refractivity contribution in [3.8, 4) is 5.75 Å². The summed E-state index contributed by atoms with van der Waals surface area (Å²) in [6.07, 6.45) is 0. The average Bonchev–Trinajstić information content (AvgIpc) is 2.61. The van der Waals surface area contributed by atoms with Gasteiger partial charge in [0.15, 0.2) is 0 Å². The predicted octanol–water partition coefficient (Wildman–Crippen LogP) is 0.695. The fourth-order valence-electron chi connectivity index (χ4n) is 2.55. The summed E-state index contributed by atoms with van der Waals surface area (Å²) in [5, 5.41) is 7.93. The molecular weight excluding hydrogens is 352 g/mol. The van der Waals surface area contributed by atoms with Crippen LogP contribution in [0, 0.1) is 0 Å².